The molecule has 1 aromatic heterocycles. The fourth-order valence-electron chi connectivity index (χ4n) is 3.74. The van der Waals surface area contributed by atoms with Crippen LogP contribution >= 0.6 is 0 Å². The summed E-state index contributed by atoms with van der Waals surface area (Å²) in [5.41, 5.74) is 0.291. The number of amides is 1. The van der Waals surface area contributed by atoms with Crippen LogP contribution in [0.25, 0.3) is 0 Å². The minimum Gasteiger partial charge on any atom is -0.495 e. The third-order valence-electron chi connectivity index (χ3n) is 5.38. The second-order valence-electron chi connectivity index (χ2n) is 8.01. The lowest BCUT2D eigenvalue weighted by atomic mass is 10.1. The number of sulfonamides is 1. The maximum Gasteiger partial charge on any atom is 0.254 e. The summed E-state index contributed by atoms with van der Waals surface area (Å²) in [5.74, 6) is 1.41. The highest BCUT2D eigenvalue weighted by Crippen LogP contribution is 2.28. The zero-order valence-corrected chi connectivity index (χ0v) is 18.8. The molecule has 1 saturated carbocycles. The van der Waals surface area contributed by atoms with E-state index in [1.807, 2.05) is 32.9 Å². The number of hydrogen-bond donors (Lipinski definition) is 1. The average Bonchev–Trinajstić information content (AvgIpc) is 3.36. The molecule has 0 aliphatic heterocycles. The normalized spacial score (nSPS) is 15.0. The van der Waals surface area contributed by atoms with E-state index in [0.717, 1.165) is 31.4 Å². The average molecular weight is 435 g/mol. The molecule has 0 unspecified atom stereocenters. The molecule has 2 aromatic rings. The zero-order valence-electron chi connectivity index (χ0n) is 18.0. The molecule has 7 nitrogen and oxygen atoms in total. The standard InChI is InChI=1S/C22H30N2O5S/c1-15(2)24(14-19-11-9-16(3)29-19)22(25)17-10-12-20(28-4)21(13-17)30(26,27)23-18-7-5-6-8-18/h9-13,15,18,23H,5-8,14H2,1-4H3. The molecule has 3 rings (SSSR count). The molecule has 1 fully saturated rings. The molecule has 164 valence electrons. The summed E-state index contributed by atoms with van der Waals surface area (Å²) < 4.78 is 39.7. The first-order valence-electron chi connectivity index (χ1n) is 10.3. The number of nitrogens with one attached hydrogen (secondary N) is 1. The van der Waals surface area contributed by atoms with Crippen LogP contribution in [0.2, 0.25) is 0 Å². The van der Waals surface area contributed by atoms with Crippen molar-refractivity contribution in [3.63, 3.8) is 0 Å². The van der Waals surface area contributed by atoms with Gasteiger partial charge in [0.2, 0.25) is 10.0 Å². The van der Waals surface area contributed by atoms with Crippen LogP contribution in [0.4, 0.5) is 0 Å². The molecule has 1 aliphatic rings. The van der Waals surface area contributed by atoms with Crippen molar-refractivity contribution in [1.29, 1.82) is 0 Å². The number of hydrogen-bond acceptors (Lipinski definition) is 5. The fraction of sp³-hybridized carbons (Fsp3) is 0.500. The van der Waals surface area contributed by atoms with Crippen LogP contribution in [-0.2, 0) is 16.6 Å². The van der Waals surface area contributed by atoms with Gasteiger partial charge in [-0.15, -0.1) is 0 Å². The lowest BCUT2D eigenvalue weighted by Crippen LogP contribution is -2.36. The topological polar surface area (TPSA) is 88.8 Å². The zero-order chi connectivity index (χ0) is 21.9. The van der Waals surface area contributed by atoms with Gasteiger partial charge in [-0.1, -0.05) is 12.8 Å². The van der Waals surface area contributed by atoms with Gasteiger partial charge in [0.1, 0.15) is 22.2 Å². The Labute approximate surface area is 178 Å². The van der Waals surface area contributed by atoms with Gasteiger partial charge < -0.3 is 14.1 Å². The van der Waals surface area contributed by atoms with Gasteiger partial charge in [0.25, 0.3) is 5.91 Å². The number of rotatable bonds is 8. The molecular formula is C22H30N2O5S. The van der Waals surface area contributed by atoms with E-state index in [9.17, 15) is 13.2 Å². The van der Waals surface area contributed by atoms with Crippen molar-refractivity contribution in [3.8, 4) is 5.75 Å². The highest BCUT2D eigenvalue weighted by atomic mass is 32.2. The maximum absolute atomic E-state index is 13.2. The molecule has 0 atom stereocenters. The summed E-state index contributed by atoms with van der Waals surface area (Å²) >= 11 is 0. The van der Waals surface area contributed by atoms with Gasteiger partial charge in [0.05, 0.1) is 13.7 Å². The van der Waals surface area contributed by atoms with Crippen molar-refractivity contribution >= 4 is 15.9 Å². The van der Waals surface area contributed by atoms with E-state index >= 15 is 0 Å². The fourth-order valence-corrected chi connectivity index (χ4v) is 5.24. The van der Waals surface area contributed by atoms with Crippen LogP contribution in [0.5, 0.6) is 5.75 Å². The van der Waals surface area contributed by atoms with Crippen molar-refractivity contribution in [2.45, 2.75) is 70.0 Å². The molecule has 1 N–H and O–H groups in total. The molecule has 0 radical (unpaired) electrons. The molecule has 0 spiro atoms. The van der Waals surface area contributed by atoms with E-state index in [4.69, 9.17) is 9.15 Å². The summed E-state index contributed by atoms with van der Waals surface area (Å²) in [6, 6.07) is 8.06. The smallest absolute Gasteiger partial charge is 0.254 e. The first kappa shape index (κ1) is 22.4. The lowest BCUT2D eigenvalue weighted by molar-refractivity contribution is 0.0675. The van der Waals surface area contributed by atoms with E-state index < -0.39 is 10.0 Å². The Morgan fingerprint density at radius 3 is 2.50 bits per heavy atom. The van der Waals surface area contributed by atoms with Gasteiger partial charge in [-0.05, 0) is 63.9 Å². The number of furan rings is 1. The van der Waals surface area contributed by atoms with Gasteiger partial charge in [-0.2, -0.15) is 0 Å². The predicted molar refractivity (Wildman–Crippen MR) is 114 cm³/mol. The number of methoxy groups -OCH3 is 1. The van der Waals surface area contributed by atoms with Gasteiger partial charge in [-0.3, -0.25) is 4.79 Å². The summed E-state index contributed by atoms with van der Waals surface area (Å²) in [6.07, 6.45) is 3.67. The number of carbonyl (C=O) groups is 1. The number of carbonyl (C=O) groups excluding carboxylic acids is 1. The number of aryl methyl sites for hydroxylation is 1. The molecule has 1 aromatic carbocycles. The second kappa shape index (κ2) is 9.22. The van der Waals surface area contributed by atoms with Crippen LogP contribution in [-0.4, -0.2) is 38.4 Å². The van der Waals surface area contributed by atoms with Crippen molar-refractivity contribution in [3.05, 3.63) is 47.4 Å². The van der Waals surface area contributed by atoms with Crippen LogP contribution in [0.1, 0.15) is 61.4 Å². The molecule has 0 bridgehead atoms. The first-order chi connectivity index (χ1) is 14.2. The van der Waals surface area contributed by atoms with Crippen molar-refractivity contribution < 1.29 is 22.4 Å². The molecule has 1 aliphatic carbocycles. The summed E-state index contributed by atoms with van der Waals surface area (Å²) in [7, 11) is -2.39. The van der Waals surface area contributed by atoms with Crippen LogP contribution in [0, 0.1) is 6.92 Å². The Balaban J connectivity index is 1.90. The number of ether oxygens (including phenoxy) is 1. The second-order valence-corrected chi connectivity index (χ2v) is 9.69. The SMILES string of the molecule is COc1ccc(C(=O)N(Cc2ccc(C)o2)C(C)C)cc1S(=O)(=O)NC1CCCC1. The van der Waals surface area contributed by atoms with E-state index in [0.29, 0.717) is 17.9 Å². The summed E-state index contributed by atoms with van der Waals surface area (Å²) in [5, 5.41) is 0. The van der Waals surface area contributed by atoms with E-state index in [1.165, 1.54) is 19.2 Å². The Morgan fingerprint density at radius 1 is 1.23 bits per heavy atom. The first-order valence-corrected chi connectivity index (χ1v) is 11.8. The molecule has 1 amide bonds. The Bertz CT molecular complexity index is 991. The highest BCUT2D eigenvalue weighted by molar-refractivity contribution is 7.89. The monoisotopic (exact) mass is 434 g/mol. The van der Waals surface area contributed by atoms with Crippen molar-refractivity contribution in [2.75, 3.05) is 7.11 Å². The van der Waals surface area contributed by atoms with Gasteiger partial charge in [0, 0.05) is 17.6 Å². The minimum atomic E-state index is -3.81. The van der Waals surface area contributed by atoms with Crippen molar-refractivity contribution in [2.24, 2.45) is 0 Å². The lowest BCUT2D eigenvalue weighted by Gasteiger charge is -2.26. The summed E-state index contributed by atoms with van der Waals surface area (Å²) in [6.45, 7) is 5.98. The number of benzene rings is 1. The van der Waals surface area contributed by atoms with E-state index in [1.54, 1.807) is 11.0 Å². The van der Waals surface area contributed by atoms with Crippen LogP contribution in [0.15, 0.2) is 39.6 Å². The van der Waals surface area contributed by atoms with Gasteiger partial charge in [-0.25, -0.2) is 13.1 Å². The molecule has 0 saturated heterocycles. The van der Waals surface area contributed by atoms with Gasteiger partial charge in [0.15, 0.2) is 0 Å². The molecule has 1 heterocycles. The Morgan fingerprint density at radius 2 is 1.93 bits per heavy atom. The summed E-state index contributed by atoms with van der Waals surface area (Å²) in [4.78, 5) is 14.9. The predicted octanol–water partition coefficient (Wildman–Crippen LogP) is 3.87. The maximum atomic E-state index is 13.2. The minimum absolute atomic E-state index is 0.0136. The van der Waals surface area contributed by atoms with E-state index in [2.05, 4.69) is 4.72 Å². The van der Waals surface area contributed by atoms with Crippen molar-refractivity contribution in [1.82, 2.24) is 9.62 Å². The van der Waals surface area contributed by atoms with Crippen LogP contribution in [0.3, 0.4) is 0 Å². The number of nitrogens with zero attached hydrogens (tertiary/aromatic N) is 1. The molecule has 8 heteroatoms. The largest absolute Gasteiger partial charge is 0.495 e. The Kier molecular flexibility index (Phi) is 6.88. The highest BCUT2D eigenvalue weighted by Gasteiger charge is 2.28. The third kappa shape index (κ3) is 5.05. The molecule has 30 heavy (non-hydrogen) atoms. The van der Waals surface area contributed by atoms with Gasteiger partial charge >= 0.3 is 0 Å². The molecular weight excluding hydrogens is 404 g/mol. The van der Waals surface area contributed by atoms with E-state index in [-0.39, 0.29) is 28.6 Å². The quantitative estimate of drug-likeness (QED) is 0.681. The Hall–Kier alpha value is -2.32. The third-order valence-corrected chi connectivity index (χ3v) is 6.93. The van der Waals surface area contributed by atoms with Crippen LogP contribution < -0.4 is 9.46 Å².